The van der Waals surface area contributed by atoms with Gasteiger partial charge in [0.25, 0.3) is 5.91 Å². The standard InChI is InChI=1S/C20H23ClN2O4/c1-14(20(25)22-2)23(12-15-5-4-6-18(11-15)26-3)19(24)13-27-17-9-7-16(21)8-10-17/h4-11,14H,12-13H2,1-3H3,(H,22,25)/t14-/m1/s1. The molecule has 1 N–H and O–H groups in total. The van der Waals surface area contributed by atoms with Gasteiger partial charge in [-0.2, -0.15) is 0 Å². The molecule has 0 unspecified atom stereocenters. The van der Waals surface area contributed by atoms with E-state index in [9.17, 15) is 9.59 Å². The number of benzene rings is 2. The van der Waals surface area contributed by atoms with Gasteiger partial charge in [-0.3, -0.25) is 9.59 Å². The SMILES string of the molecule is CNC(=O)[C@@H](C)N(Cc1cccc(OC)c1)C(=O)COc1ccc(Cl)cc1. The molecule has 0 aromatic heterocycles. The molecule has 0 aliphatic rings. The zero-order valence-electron chi connectivity index (χ0n) is 15.6. The minimum absolute atomic E-state index is 0.188. The van der Waals surface area contributed by atoms with E-state index < -0.39 is 6.04 Å². The van der Waals surface area contributed by atoms with E-state index in [1.807, 2.05) is 24.3 Å². The highest BCUT2D eigenvalue weighted by Gasteiger charge is 2.26. The van der Waals surface area contributed by atoms with E-state index in [1.165, 1.54) is 11.9 Å². The van der Waals surface area contributed by atoms with Gasteiger partial charge in [-0.15, -0.1) is 0 Å². The lowest BCUT2D eigenvalue weighted by atomic mass is 10.1. The second kappa shape index (κ2) is 9.83. The molecule has 0 radical (unpaired) electrons. The fourth-order valence-electron chi connectivity index (χ4n) is 2.52. The Bertz CT molecular complexity index is 780. The van der Waals surface area contributed by atoms with E-state index in [-0.39, 0.29) is 25.0 Å². The van der Waals surface area contributed by atoms with Gasteiger partial charge in [0.05, 0.1) is 7.11 Å². The monoisotopic (exact) mass is 390 g/mol. The Morgan fingerprint density at radius 2 is 1.85 bits per heavy atom. The van der Waals surface area contributed by atoms with Crippen molar-refractivity contribution in [2.75, 3.05) is 20.8 Å². The van der Waals surface area contributed by atoms with Gasteiger partial charge in [0.2, 0.25) is 5.91 Å². The van der Waals surface area contributed by atoms with E-state index in [4.69, 9.17) is 21.1 Å². The number of hydrogen-bond donors (Lipinski definition) is 1. The number of hydrogen-bond acceptors (Lipinski definition) is 4. The number of halogens is 1. The first-order chi connectivity index (χ1) is 12.9. The van der Waals surface area contributed by atoms with Crippen molar-refractivity contribution in [2.45, 2.75) is 19.5 Å². The van der Waals surface area contributed by atoms with Crippen LogP contribution in [0.5, 0.6) is 11.5 Å². The first kappa shape index (κ1) is 20.6. The predicted octanol–water partition coefficient (Wildman–Crippen LogP) is 2.89. The van der Waals surface area contributed by atoms with Crippen LogP contribution in [-0.2, 0) is 16.1 Å². The van der Waals surface area contributed by atoms with Crippen LogP contribution in [0.4, 0.5) is 0 Å². The molecule has 2 amide bonds. The Morgan fingerprint density at radius 1 is 1.15 bits per heavy atom. The fraction of sp³-hybridized carbons (Fsp3) is 0.300. The molecule has 0 spiro atoms. The third-order valence-corrected chi connectivity index (χ3v) is 4.33. The molecule has 7 heteroatoms. The molecule has 27 heavy (non-hydrogen) atoms. The number of nitrogens with zero attached hydrogens (tertiary/aromatic N) is 1. The summed E-state index contributed by atoms with van der Waals surface area (Å²) in [6.45, 7) is 1.75. The Hall–Kier alpha value is -2.73. The van der Waals surface area contributed by atoms with Gasteiger partial charge >= 0.3 is 0 Å². The smallest absolute Gasteiger partial charge is 0.261 e. The van der Waals surface area contributed by atoms with Crippen LogP contribution in [-0.4, -0.2) is 43.5 Å². The third-order valence-electron chi connectivity index (χ3n) is 4.08. The number of ether oxygens (including phenoxy) is 2. The number of amides is 2. The largest absolute Gasteiger partial charge is 0.497 e. The average Bonchev–Trinajstić information content (AvgIpc) is 2.70. The van der Waals surface area contributed by atoms with Crippen molar-refractivity contribution in [1.82, 2.24) is 10.2 Å². The fourth-order valence-corrected chi connectivity index (χ4v) is 2.64. The van der Waals surface area contributed by atoms with Gasteiger partial charge in [0, 0.05) is 18.6 Å². The third kappa shape index (κ3) is 5.89. The van der Waals surface area contributed by atoms with Gasteiger partial charge in [0.15, 0.2) is 6.61 Å². The van der Waals surface area contributed by atoms with Gasteiger partial charge < -0.3 is 19.7 Å². The highest BCUT2D eigenvalue weighted by atomic mass is 35.5. The molecule has 0 bridgehead atoms. The van der Waals surface area contributed by atoms with Crippen molar-refractivity contribution in [3.8, 4) is 11.5 Å². The van der Waals surface area contributed by atoms with Crippen LogP contribution >= 0.6 is 11.6 Å². The molecule has 1 atom stereocenters. The summed E-state index contributed by atoms with van der Waals surface area (Å²) in [5, 5.41) is 3.16. The van der Waals surface area contributed by atoms with Gasteiger partial charge in [-0.1, -0.05) is 23.7 Å². The van der Waals surface area contributed by atoms with Crippen molar-refractivity contribution in [3.05, 3.63) is 59.1 Å². The normalized spacial score (nSPS) is 11.4. The van der Waals surface area contributed by atoms with Crippen molar-refractivity contribution in [1.29, 1.82) is 0 Å². The Labute approximate surface area is 164 Å². The molecule has 0 fully saturated rings. The lowest BCUT2D eigenvalue weighted by Gasteiger charge is -2.28. The van der Waals surface area contributed by atoms with E-state index in [0.717, 1.165) is 5.56 Å². The lowest BCUT2D eigenvalue weighted by Crippen LogP contribution is -2.48. The maximum Gasteiger partial charge on any atom is 0.261 e. The second-order valence-corrected chi connectivity index (χ2v) is 6.34. The zero-order chi connectivity index (χ0) is 19.8. The lowest BCUT2D eigenvalue weighted by molar-refractivity contribution is -0.142. The number of carbonyl (C=O) groups is 2. The zero-order valence-corrected chi connectivity index (χ0v) is 16.3. The number of rotatable bonds is 8. The molecule has 2 aromatic carbocycles. The first-order valence-electron chi connectivity index (χ1n) is 8.47. The maximum atomic E-state index is 12.8. The van der Waals surface area contributed by atoms with Crippen molar-refractivity contribution in [2.24, 2.45) is 0 Å². The van der Waals surface area contributed by atoms with Crippen LogP contribution in [0, 0.1) is 0 Å². The average molecular weight is 391 g/mol. The first-order valence-corrected chi connectivity index (χ1v) is 8.84. The predicted molar refractivity (Wildman–Crippen MR) is 104 cm³/mol. The van der Waals surface area contributed by atoms with Crippen molar-refractivity contribution < 1.29 is 19.1 Å². The minimum Gasteiger partial charge on any atom is -0.497 e. The summed E-state index contributed by atoms with van der Waals surface area (Å²) in [6, 6.07) is 13.4. The summed E-state index contributed by atoms with van der Waals surface area (Å²) in [4.78, 5) is 26.3. The number of nitrogens with one attached hydrogen (secondary N) is 1. The summed E-state index contributed by atoms with van der Waals surface area (Å²) in [6.07, 6.45) is 0. The molecular formula is C20H23ClN2O4. The number of methoxy groups -OCH3 is 1. The molecule has 0 aliphatic carbocycles. The highest BCUT2D eigenvalue weighted by Crippen LogP contribution is 2.18. The molecule has 144 valence electrons. The van der Waals surface area contributed by atoms with E-state index in [1.54, 1.807) is 38.3 Å². The van der Waals surface area contributed by atoms with Crippen LogP contribution in [0.3, 0.4) is 0 Å². The molecule has 0 aliphatic heterocycles. The topological polar surface area (TPSA) is 67.9 Å². The molecule has 0 heterocycles. The van der Waals surface area contributed by atoms with E-state index >= 15 is 0 Å². The summed E-state index contributed by atoms with van der Waals surface area (Å²) < 4.78 is 10.8. The van der Waals surface area contributed by atoms with E-state index in [0.29, 0.717) is 16.5 Å². The van der Waals surface area contributed by atoms with Crippen LogP contribution in [0.1, 0.15) is 12.5 Å². The summed E-state index contributed by atoms with van der Waals surface area (Å²) in [5.74, 6) is 0.660. The van der Waals surface area contributed by atoms with Gasteiger partial charge in [-0.25, -0.2) is 0 Å². The Balaban J connectivity index is 2.13. The van der Waals surface area contributed by atoms with Crippen LogP contribution in [0.15, 0.2) is 48.5 Å². The number of carbonyl (C=O) groups excluding carboxylic acids is 2. The summed E-state index contributed by atoms with van der Waals surface area (Å²) >= 11 is 5.85. The van der Waals surface area contributed by atoms with E-state index in [2.05, 4.69) is 5.32 Å². The van der Waals surface area contributed by atoms with Gasteiger partial charge in [0.1, 0.15) is 17.5 Å². The van der Waals surface area contributed by atoms with Crippen molar-refractivity contribution >= 4 is 23.4 Å². The molecular weight excluding hydrogens is 368 g/mol. The highest BCUT2D eigenvalue weighted by molar-refractivity contribution is 6.30. The molecule has 2 rings (SSSR count). The Morgan fingerprint density at radius 3 is 2.48 bits per heavy atom. The minimum atomic E-state index is -0.650. The summed E-state index contributed by atoms with van der Waals surface area (Å²) in [5.41, 5.74) is 0.852. The quantitative estimate of drug-likeness (QED) is 0.752. The Kier molecular flexibility index (Phi) is 7.49. The summed E-state index contributed by atoms with van der Waals surface area (Å²) in [7, 11) is 3.12. The van der Waals surface area contributed by atoms with Crippen LogP contribution in [0.2, 0.25) is 5.02 Å². The van der Waals surface area contributed by atoms with Crippen LogP contribution < -0.4 is 14.8 Å². The van der Waals surface area contributed by atoms with Gasteiger partial charge in [-0.05, 0) is 48.9 Å². The number of likely N-dealkylation sites (N-methyl/N-ethyl adjacent to an activating group) is 1. The molecule has 2 aromatic rings. The van der Waals surface area contributed by atoms with Crippen LogP contribution in [0.25, 0.3) is 0 Å². The molecule has 6 nitrogen and oxygen atoms in total. The molecule has 0 saturated heterocycles. The maximum absolute atomic E-state index is 12.8. The molecule has 0 saturated carbocycles. The second-order valence-electron chi connectivity index (χ2n) is 5.91. The van der Waals surface area contributed by atoms with Crippen molar-refractivity contribution in [3.63, 3.8) is 0 Å².